The number of carbonyl (C=O) groups excluding carboxylic acids is 1. The number of hydrogen-bond acceptors (Lipinski definition) is 7. The normalized spacial score (nSPS) is 16.4. The summed E-state index contributed by atoms with van der Waals surface area (Å²) in [7, 11) is 0. The molecule has 3 heterocycles. The van der Waals surface area contributed by atoms with Crippen molar-refractivity contribution in [2.45, 2.75) is 6.92 Å². The number of rotatable bonds is 7. The van der Waals surface area contributed by atoms with Gasteiger partial charge in [-0.1, -0.05) is 69.5 Å². The molecule has 1 saturated heterocycles. The maximum absolute atomic E-state index is 13.8. The van der Waals surface area contributed by atoms with Crippen LogP contribution in [0.4, 0.5) is 11.6 Å². The molecule has 0 aliphatic carbocycles. The van der Waals surface area contributed by atoms with Gasteiger partial charge in [-0.15, -0.1) is 0 Å². The number of nitrogens with zero attached hydrogens (tertiary/aromatic N) is 5. The predicted octanol–water partition coefficient (Wildman–Crippen LogP) is 5.84. The molecule has 0 spiro atoms. The Morgan fingerprint density at radius 2 is 1.59 bits per heavy atom. The lowest BCUT2D eigenvalue weighted by Crippen LogP contribution is -2.46. The maximum atomic E-state index is 13.8. The van der Waals surface area contributed by atoms with Crippen molar-refractivity contribution in [3.05, 3.63) is 93.4 Å². The summed E-state index contributed by atoms with van der Waals surface area (Å²) in [6.07, 6.45) is 0. The SMILES string of the molecule is Cc1ccc(-c2cc(-c3ccc(Cl)cc3)nc(/N=C3/C(=O)N(CNCN4CCOCC4)c4ccc(Br)cc43)n2)cc1. The summed E-state index contributed by atoms with van der Waals surface area (Å²) in [5, 5.41) is 4.05. The molecule has 41 heavy (non-hydrogen) atoms. The second-order valence-corrected chi connectivity index (χ2v) is 11.3. The first-order valence-electron chi connectivity index (χ1n) is 13.4. The molecular formula is C31H28BrClN6O2. The Kier molecular flexibility index (Phi) is 8.23. The van der Waals surface area contributed by atoms with E-state index in [9.17, 15) is 4.79 Å². The van der Waals surface area contributed by atoms with Crippen molar-refractivity contribution >= 4 is 50.8 Å². The molecule has 2 aliphatic heterocycles. The van der Waals surface area contributed by atoms with Crippen LogP contribution in [-0.4, -0.2) is 66.1 Å². The highest BCUT2D eigenvalue weighted by Crippen LogP contribution is 2.33. The van der Waals surface area contributed by atoms with Crippen LogP contribution in [0.15, 0.2) is 82.3 Å². The smallest absolute Gasteiger partial charge is 0.278 e. The molecule has 2 aliphatic rings. The summed E-state index contributed by atoms with van der Waals surface area (Å²) in [4.78, 5) is 32.1. The minimum absolute atomic E-state index is 0.204. The van der Waals surface area contributed by atoms with Crippen LogP contribution in [0.1, 0.15) is 11.1 Å². The van der Waals surface area contributed by atoms with Crippen LogP contribution < -0.4 is 10.2 Å². The highest BCUT2D eigenvalue weighted by Gasteiger charge is 2.34. The number of carbonyl (C=O) groups is 1. The van der Waals surface area contributed by atoms with Gasteiger partial charge in [0.2, 0.25) is 0 Å². The van der Waals surface area contributed by atoms with Gasteiger partial charge >= 0.3 is 0 Å². The molecule has 1 amide bonds. The lowest BCUT2D eigenvalue weighted by molar-refractivity contribution is -0.112. The van der Waals surface area contributed by atoms with Crippen LogP contribution >= 0.6 is 27.5 Å². The van der Waals surface area contributed by atoms with Crippen LogP contribution in [0.5, 0.6) is 0 Å². The number of nitrogens with one attached hydrogen (secondary N) is 1. The maximum Gasteiger partial charge on any atom is 0.278 e. The summed E-state index contributed by atoms with van der Waals surface area (Å²) >= 11 is 9.70. The third-order valence-corrected chi connectivity index (χ3v) is 7.82. The Labute approximate surface area is 252 Å². The van der Waals surface area contributed by atoms with Crippen LogP contribution in [-0.2, 0) is 9.53 Å². The number of hydrogen-bond donors (Lipinski definition) is 1. The van der Waals surface area contributed by atoms with Gasteiger partial charge in [-0.05, 0) is 43.3 Å². The number of aromatic nitrogens is 2. The summed E-state index contributed by atoms with van der Waals surface area (Å²) in [5.74, 6) is 0.00962. The summed E-state index contributed by atoms with van der Waals surface area (Å²) < 4.78 is 6.29. The Balaban J connectivity index is 1.37. The van der Waals surface area contributed by atoms with E-state index in [4.69, 9.17) is 31.3 Å². The van der Waals surface area contributed by atoms with Gasteiger partial charge in [0.25, 0.3) is 11.9 Å². The van der Waals surface area contributed by atoms with Gasteiger partial charge < -0.3 is 4.74 Å². The molecule has 10 heteroatoms. The second kappa shape index (κ2) is 12.2. The standard InChI is InChI=1S/C31H28BrClN6O2/c1-20-2-4-21(5-3-20)26-17-27(22-6-9-24(33)10-7-22)36-31(35-26)37-29-25-16-23(32)8-11-28(25)39(30(29)40)19-34-18-38-12-14-41-15-13-38/h2-11,16-17,34H,12-15,18-19H2,1H3/b37-29+. The number of anilines is 1. The van der Waals surface area contributed by atoms with Gasteiger partial charge in [-0.3, -0.25) is 19.9 Å². The van der Waals surface area contributed by atoms with Crippen LogP contribution in [0.25, 0.3) is 22.5 Å². The van der Waals surface area contributed by atoms with Gasteiger partial charge in [-0.2, -0.15) is 0 Å². The highest BCUT2D eigenvalue weighted by molar-refractivity contribution is 9.10. The topological polar surface area (TPSA) is 83.0 Å². The quantitative estimate of drug-likeness (QED) is 0.276. The third kappa shape index (κ3) is 6.24. The fourth-order valence-corrected chi connectivity index (χ4v) is 5.34. The first kappa shape index (κ1) is 27.7. The minimum Gasteiger partial charge on any atom is -0.379 e. The summed E-state index contributed by atoms with van der Waals surface area (Å²) in [5.41, 5.74) is 6.20. The minimum atomic E-state index is -0.204. The van der Waals surface area contributed by atoms with Crippen molar-refractivity contribution in [2.24, 2.45) is 4.99 Å². The molecule has 1 N–H and O–H groups in total. The molecule has 1 aromatic heterocycles. The summed E-state index contributed by atoms with van der Waals surface area (Å²) in [6, 6.07) is 23.3. The highest BCUT2D eigenvalue weighted by atomic mass is 79.9. The molecule has 0 atom stereocenters. The Morgan fingerprint density at radius 3 is 2.27 bits per heavy atom. The molecule has 0 unspecified atom stereocenters. The lowest BCUT2D eigenvalue weighted by atomic mass is 10.1. The van der Waals surface area contributed by atoms with Crippen molar-refractivity contribution in [3.63, 3.8) is 0 Å². The lowest BCUT2D eigenvalue weighted by Gasteiger charge is -2.28. The molecule has 6 rings (SSSR count). The Bertz CT molecular complexity index is 1540. The number of aryl methyl sites for hydroxylation is 1. The Morgan fingerprint density at radius 1 is 0.927 bits per heavy atom. The van der Waals surface area contributed by atoms with Gasteiger partial charge in [0.05, 0.1) is 37.0 Å². The van der Waals surface area contributed by atoms with E-state index in [1.807, 2.05) is 79.7 Å². The Hall–Kier alpha value is -3.47. The number of benzene rings is 3. The van der Waals surface area contributed by atoms with E-state index in [1.165, 1.54) is 0 Å². The zero-order valence-corrected chi connectivity index (χ0v) is 24.8. The predicted molar refractivity (Wildman–Crippen MR) is 166 cm³/mol. The van der Waals surface area contributed by atoms with Crippen molar-refractivity contribution in [3.8, 4) is 22.5 Å². The van der Waals surface area contributed by atoms with Crippen molar-refractivity contribution in [2.75, 3.05) is 44.5 Å². The zero-order chi connectivity index (χ0) is 28.3. The number of ether oxygens (including phenoxy) is 1. The fourth-order valence-electron chi connectivity index (χ4n) is 4.86. The average Bonchev–Trinajstić information content (AvgIpc) is 3.23. The zero-order valence-electron chi connectivity index (χ0n) is 22.5. The van der Waals surface area contributed by atoms with E-state index in [1.54, 1.807) is 4.90 Å². The van der Waals surface area contributed by atoms with E-state index in [2.05, 4.69) is 26.1 Å². The molecule has 0 saturated carbocycles. The van der Waals surface area contributed by atoms with Crippen LogP contribution in [0, 0.1) is 6.92 Å². The van der Waals surface area contributed by atoms with Gasteiger partial charge in [-0.25, -0.2) is 15.0 Å². The summed E-state index contributed by atoms with van der Waals surface area (Å²) in [6.45, 7) is 6.23. The van der Waals surface area contributed by atoms with Crippen LogP contribution in [0.2, 0.25) is 5.02 Å². The van der Waals surface area contributed by atoms with Gasteiger partial charge in [0.15, 0.2) is 0 Å². The molecule has 4 aromatic rings. The molecule has 8 nitrogen and oxygen atoms in total. The third-order valence-electron chi connectivity index (χ3n) is 7.07. The molecule has 0 radical (unpaired) electrons. The van der Waals surface area contributed by atoms with E-state index in [-0.39, 0.29) is 11.9 Å². The second-order valence-electron chi connectivity index (χ2n) is 9.96. The number of amides is 1. The van der Waals surface area contributed by atoms with Gasteiger partial charge in [0.1, 0.15) is 5.71 Å². The monoisotopic (exact) mass is 630 g/mol. The molecule has 1 fully saturated rings. The number of morpholine rings is 1. The molecule has 208 valence electrons. The van der Waals surface area contributed by atoms with E-state index >= 15 is 0 Å². The van der Waals surface area contributed by atoms with E-state index < -0.39 is 0 Å². The molecular weight excluding hydrogens is 604 g/mol. The molecule has 3 aromatic carbocycles. The number of aliphatic imine (C=N–C) groups is 1. The first-order chi connectivity index (χ1) is 19.9. The van der Waals surface area contributed by atoms with Crippen molar-refractivity contribution in [1.29, 1.82) is 0 Å². The number of halogens is 2. The number of fused-ring (bicyclic) bond motifs is 1. The van der Waals surface area contributed by atoms with E-state index in [0.29, 0.717) is 35.5 Å². The fraction of sp³-hybridized carbons (Fsp3) is 0.226. The largest absolute Gasteiger partial charge is 0.379 e. The van der Waals surface area contributed by atoms with Crippen LogP contribution in [0.3, 0.4) is 0 Å². The van der Waals surface area contributed by atoms with Crippen molar-refractivity contribution in [1.82, 2.24) is 20.2 Å². The van der Waals surface area contributed by atoms with Crippen molar-refractivity contribution < 1.29 is 9.53 Å². The van der Waals surface area contributed by atoms with E-state index in [0.717, 1.165) is 58.7 Å². The first-order valence-corrected chi connectivity index (χ1v) is 14.5. The van der Waals surface area contributed by atoms with Gasteiger partial charge in [0, 0.05) is 45.9 Å². The average molecular weight is 632 g/mol. The molecule has 0 bridgehead atoms.